The summed E-state index contributed by atoms with van der Waals surface area (Å²) in [6.07, 6.45) is -0.327. The van der Waals surface area contributed by atoms with Crippen molar-refractivity contribution in [1.82, 2.24) is 0 Å². The lowest BCUT2D eigenvalue weighted by molar-refractivity contribution is -0.120. The molecule has 3 amide bonds. The highest BCUT2D eigenvalue weighted by Crippen LogP contribution is 2.31. The number of halogens is 1. The molecule has 10 heteroatoms. The zero-order valence-electron chi connectivity index (χ0n) is 21.5. The number of rotatable bonds is 9. The van der Waals surface area contributed by atoms with Gasteiger partial charge < -0.3 is 20.1 Å². The van der Waals surface area contributed by atoms with Crippen molar-refractivity contribution in [2.45, 2.75) is 26.9 Å². The SMILES string of the molecule is CCOc1ccccc1NC(=O)c1ccc(NC2=C(Cl)C(=O)N(c3cccc(C(=O)OC(C)C)c3)C2=O)cc1. The molecule has 0 radical (unpaired) electrons. The summed E-state index contributed by atoms with van der Waals surface area (Å²) in [5.41, 5.74) is 1.59. The first-order valence-electron chi connectivity index (χ1n) is 12.2. The Kier molecular flexibility index (Phi) is 8.31. The highest BCUT2D eigenvalue weighted by molar-refractivity contribution is 6.53. The largest absolute Gasteiger partial charge is 0.492 e. The predicted octanol–water partition coefficient (Wildman–Crippen LogP) is 5.34. The van der Waals surface area contributed by atoms with E-state index >= 15 is 0 Å². The molecular weight excluding hydrogens is 522 g/mol. The third-order valence-corrected chi connectivity index (χ3v) is 5.91. The number of nitrogens with one attached hydrogen (secondary N) is 2. The van der Waals surface area contributed by atoms with Gasteiger partial charge in [0, 0.05) is 11.3 Å². The lowest BCUT2D eigenvalue weighted by Gasteiger charge is -2.16. The molecule has 3 aromatic carbocycles. The highest BCUT2D eigenvalue weighted by atomic mass is 35.5. The summed E-state index contributed by atoms with van der Waals surface area (Å²) in [7, 11) is 0. The zero-order chi connectivity index (χ0) is 28.1. The molecule has 0 saturated heterocycles. The monoisotopic (exact) mass is 547 g/mol. The van der Waals surface area contributed by atoms with Crippen LogP contribution in [0, 0.1) is 0 Å². The number of amides is 3. The van der Waals surface area contributed by atoms with Crippen molar-refractivity contribution >= 4 is 52.4 Å². The van der Waals surface area contributed by atoms with Gasteiger partial charge in [0.05, 0.1) is 29.6 Å². The number of hydrogen-bond acceptors (Lipinski definition) is 7. The molecule has 1 aliphatic rings. The van der Waals surface area contributed by atoms with Gasteiger partial charge in [0.15, 0.2) is 0 Å². The summed E-state index contributed by atoms with van der Waals surface area (Å²) < 4.78 is 10.7. The van der Waals surface area contributed by atoms with Gasteiger partial charge >= 0.3 is 5.97 Å². The van der Waals surface area contributed by atoms with E-state index in [1.165, 1.54) is 18.2 Å². The maximum absolute atomic E-state index is 13.2. The third kappa shape index (κ3) is 6.10. The summed E-state index contributed by atoms with van der Waals surface area (Å²) in [4.78, 5) is 51.9. The van der Waals surface area contributed by atoms with E-state index in [1.807, 2.05) is 13.0 Å². The Morgan fingerprint density at radius 3 is 2.33 bits per heavy atom. The summed E-state index contributed by atoms with van der Waals surface area (Å²) in [6, 6.07) is 19.4. The maximum Gasteiger partial charge on any atom is 0.338 e. The van der Waals surface area contributed by atoms with E-state index in [0.717, 1.165) is 4.90 Å². The summed E-state index contributed by atoms with van der Waals surface area (Å²) >= 11 is 6.24. The average Bonchev–Trinajstić information content (AvgIpc) is 3.13. The first-order chi connectivity index (χ1) is 18.7. The van der Waals surface area contributed by atoms with Crippen LogP contribution in [-0.4, -0.2) is 36.4 Å². The van der Waals surface area contributed by atoms with Crippen molar-refractivity contribution < 1.29 is 28.7 Å². The smallest absolute Gasteiger partial charge is 0.338 e. The van der Waals surface area contributed by atoms with Gasteiger partial charge in [-0.05, 0) is 75.4 Å². The number of imide groups is 1. The van der Waals surface area contributed by atoms with Crippen LogP contribution >= 0.6 is 11.6 Å². The first kappa shape index (κ1) is 27.4. The van der Waals surface area contributed by atoms with Gasteiger partial charge in [-0.3, -0.25) is 14.4 Å². The van der Waals surface area contributed by atoms with E-state index in [4.69, 9.17) is 21.1 Å². The molecule has 200 valence electrons. The van der Waals surface area contributed by atoms with Gasteiger partial charge in [0.2, 0.25) is 0 Å². The van der Waals surface area contributed by atoms with E-state index in [0.29, 0.717) is 29.3 Å². The standard InChI is InChI=1S/C29H26ClN3O6/c1-4-38-23-11-6-5-10-22(23)32-26(34)18-12-14-20(15-13-18)31-25-24(30)27(35)33(28(25)36)21-9-7-8-19(16-21)29(37)39-17(2)3/h5-17,31H,4H2,1-3H3,(H,32,34). The number of anilines is 3. The van der Waals surface area contributed by atoms with Gasteiger partial charge in [-0.25, -0.2) is 9.69 Å². The van der Waals surface area contributed by atoms with Crippen LogP contribution in [0.3, 0.4) is 0 Å². The van der Waals surface area contributed by atoms with Crippen molar-refractivity contribution in [3.8, 4) is 5.75 Å². The minimum atomic E-state index is -0.734. The highest BCUT2D eigenvalue weighted by Gasteiger charge is 2.39. The molecule has 0 saturated carbocycles. The predicted molar refractivity (Wildman–Crippen MR) is 148 cm³/mol. The van der Waals surface area contributed by atoms with Gasteiger partial charge in [-0.2, -0.15) is 0 Å². The number of para-hydroxylation sites is 2. The normalized spacial score (nSPS) is 13.1. The quantitative estimate of drug-likeness (QED) is 0.274. The topological polar surface area (TPSA) is 114 Å². The molecule has 1 aliphatic heterocycles. The minimum Gasteiger partial charge on any atom is -0.492 e. The van der Waals surface area contributed by atoms with Crippen molar-refractivity contribution in [3.05, 3.63) is 94.7 Å². The number of ether oxygens (including phenoxy) is 2. The number of hydrogen-bond donors (Lipinski definition) is 2. The van der Waals surface area contributed by atoms with E-state index in [1.54, 1.807) is 62.4 Å². The van der Waals surface area contributed by atoms with Gasteiger partial charge in [-0.1, -0.05) is 29.8 Å². The fraction of sp³-hybridized carbons (Fsp3) is 0.172. The first-order valence-corrected chi connectivity index (χ1v) is 12.6. The third-order valence-electron chi connectivity index (χ3n) is 5.56. The Morgan fingerprint density at radius 2 is 1.64 bits per heavy atom. The van der Waals surface area contributed by atoms with E-state index in [9.17, 15) is 19.2 Å². The Balaban J connectivity index is 1.47. The van der Waals surface area contributed by atoms with Crippen molar-refractivity contribution in [3.63, 3.8) is 0 Å². The lowest BCUT2D eigenvalue weighted by atomic mass is 10.1. The molecule has 0 spiro atoms. The number of nitrogens with zero attached hydrogens (tertiary/aromatic N) is 1. The van der Waals surface area contributed by atoms with Crippen molar-refractivity contribution in [1.29, 1.82) is 0 Å². The second-order valence-electron chi connectivity index (χ2n) is 8.72. The summed E-state index contributed by atoms with van der Waals surface area (Å²) in [5, 5.41) is 5.38. The number of carbonyl (C=O) groups excluding carboxylic acids is 4. The van der Waals surface area contributed by atoms with Gasteiger partial charge in [0.25, 0.3) is 17.7 Å². The zero-order valence-corrected chi connectivity index (χ0v) is 22.2. The van der Waals surface area contributed by atoms with Crippen molar-refractivity contribution in [2.24, 2.45) is 0 Å². The molecule has 0 aliphatic carbocycles. The molecule has 0 fully saturated rings. The molecule has 0 unspecified atom stereocenters. The van der Waals surface area contributed by atoms with Crippen LogP contribution in [0.15, 0.2) is 83.5 Å². The molecule has 2 N–H and O–H groups in total. The second kappa shape index (κ2) is 11.8. The Hall–Kier alpha value is -4.63. The Morgan fingerprint density at radius 1 is 0.923 bits per heavy atom. The summed E-state index contributed by atoms with van der Waals surface area (Å²) in [6.45, 7) is 5.75. The van der Waals surface area contributed by atoms with Crippen LogP contribution < -0.4 is 20.3 Å². The second-order valence-corrected chi connectivity index (χ2v) is 9.10. The van der Waals surface area contributed by atoms with E-state index in [2.05, 4.69) is 10.6 Å². The molecule has 0 aromatic heterocycles. The fourth-order valence-corrected chi connectivity index (χ4v) is 4.01. The van der Waals surface area contributed by atoms with Gasteiger partial charge in [0.1, 0.15) is 16.5 Å². The molecule has 4 rings (SSSR count). The van der Waals surface area contributed by atoms with Crippen LogP contribution in [0.4, 0.5) is 17.1 Å². The molecule has 0 atom stereocenters. The number of carbonyl (C=O) groups is 4. The van der Waals surface area contributed by atoms with Crippen molar-refractivity contribution in [2.75, 3.05) is 22.1 Å². The Bertz CT molecular complexity index is 1470. The molecule has 0 bridgehead atoms. The fourth-order valence-electron chi connectivity index (χ4n) is 3.79. The average molecular weight is 548 g/mol. The van der Waals surface area contributed by atoms with Gasteiger partial charge in [-0.15, -0.1) is 0 Å². The molecule has 9 nitrogen and oxygen atoms in total. The minimum absolute atomic E-state index is 0.125. The lowest BCUT2D eigenvalue weighted by Crippen LogP contribution is -2.32. The van der Waals surface area contributed by atoms with Crippen LogP contribution in [0.2, 0.25) is 0 Å². The maximum atomic E-state index is 13.2. The molecule has 1 heterocycles. The molecule has 3 aromatic rings. The number of esters is 1. The molecular formula is C29H26ClN3O6. The van der Waals surface area contributed by atoms with Crippen LogP contribution in [0.1, 0.15) is 41.5 Å². The van der Waals surface area contributed by atoms with E-state index in [-0.39, 0.29) is 34.0 Å². The number of benzene rings is 3. The van der Waals surface area contributed by atoms with Crippen LogP contribution in [0.25, 0.3) is 0 Å². The Labute approximate surface area is 230 Å². The van der Waals surface area contributed by atoms with Crippen LogP contribution in [0.5, 0.6) is 5.75 Å². The van der Waals surface area contributed by atoms with E-state index < -0.39 is 17.8 Å². The van der Waals surface area contributed by atoms with Crippen LogP contribution in [-0.2, 0) is 14.3 Å². The summed E-state index contributed by atoms with van der Waals surface area (Å²) in [5.74, 6) is -1.78. The molecule has 39 heavy (non-hydrogen) atoms.